The first kappa shape index (κ1) is 19.4. The average molecular weight is 381 g/mol. The summed E-state index contributed by atoms with van der Waals surface area (Å²) in [4.78, 5) is 38.7. The third-order valence-electron chi connectivity index (χ3n) is 5.23. The molecule has 0 spiro atoms. The van der Waals surface area contributed by atoms with Crippen molar-refractivity contribution in [2.24, 2.45) is 18.7 Å². The van der Waals surface area contributed by atoms with Crippen molar-refractivity contribution in [3.63, 3.8) is 0 Å². The number of aromatic nitrogens is 2. The fourth-order valence-electron chi connectivity index (χ4n) is 3.62. The van der Waals surface area contributed by atoms with E-state index in [9.17, 15) is 19.6 Å². The molecule has 1 aromatic heterocycles. The summed E-state index contributed by atoms with van der Waals surface area (Å²) < 4.78 is 2.53. The molecule has 0 saturated carbocycles. The lowest BCUT2D eigenvalue weighted by atomic mass is 9.97. The van der Waals surface area contributed by atoms with Crippen LogP contribution >= 0.6 is 0 Å². The van der Waals surface area contributed by atoms with E-state index in [0.717, 1.165) is 16.6 Å². The summed E-state index contributed by atoms with van der Waals surface area (Å²) in [6.45, 7) is 3.05. The van der Waals surface area contributed by atoms with Crippen molar-refractivity contribution in [1.82, 2.24) is 9.13 Å². The molecular formula is C20H23N5O3. The van der Waals surface area contributed by atoms with E-state index in [4.69, 9.17) is 5.73 Å². The Hall–Kier alpha value is -3.34. The van der Waals surface area contributed by atoms with E-state index in [-0.39, 0.29) is 18.4 Å². The normalized spacial score (nSPS) is 16.6. The minimum Gasteiger partial charge on any atom is -0.369 e. The fourth-order valence-corrected chi connectivity index (χ4v) is 3.62. The summed E-state index contributed by atoms with van der Waals surface area (Å²) in [5.74, 6) is -0.257. The number of carbonyl (C=O) groups excluding carboxylic acids is 1. The van der Waals surface area contributed by atoms with Crippen LogP contribution in [0.15, 0.2) is 33.9 Å². The van der Waals surface area contributed by atoms with Crippen molar-refractivity contribution in [3.8, 4) is 6.07 Å². The third kappa shape index (κ3) is 3.69. The molecule has 1 aliphatic rings. The predicted molar refractivity (Wildman–Crippen MR) is 105 cm³/mol. The molecule has 3 rings (SSSR count). The molecule has 28 heavy (non-hydrogen) atoms. The van der Waals surface area contributed by atoms with Crippen molar-refractivity contribution in [1.29, 1.82) is 5.26 Å². The van der Waals surface area contributed by atoms with Crippen LogP contribution < -0.4 is 21.9 Å². The molecule has 2 N–H and O–H groups in total. The topological polar surface area (TPSA) is 114 Å². The first-order valence-corrected chi connectivity index (χ1v) is 9.16. The molecule has 1 unspecified atom stereocenters. The van der Waals surface area contributed by atoms with E-state index in [1.54, 1.807) is 6.07 Å². The Balaban J connectivity index is 2.11. The van der Waals surface area contributed by atoms with Crippen LogP contribution in [-0.4, -0.2) is 28.1 Å². The molecule has 8 nitrogen and oxygen atoms in total. The van der Waals surface area contributed by atoms with Gasteiger partial charge in [-0.2, -0.15) is 5.26 Å². The Labute approximate surface area is 162 Å². The van der Waals surface area contributed by atoms with Crippen LogP contribution in [0.3, 0.4) is 0 Å². The van der Waals surface area contributed by atoms with Gasteiger partial charge in [0, 0.05) is 26.2 Å². The molecule has 0 bridgehead atoms. The zero-order chi connectivity index (χ0) is 20.4. The highest BCUT2D eigenvalue weighted by Crippen LogP contribution is 2.23. The van der Waals surface area contributed by atoms with E-state index in [0.29, 0.717) is 36.5 Å². The maximum absolute atomic E-state index is 12.9. The van der Waals surface area contributed by atoms with Gasteiger partial charge in [0.15, 0.2) is 0 Å². The number of anilines is 1. The molecule has 2 heterocycles. The second-order valence-electron chi connectivity index (χ2n) is 7.23. The molecule has 8 heteroatoms. The Morgan fingerprint density at radius 2 is 2.07 bits per heavy atom. The zero-order valence-corrected chi connectivity index (χ0v) is 16.0. The summed E-state index contributed by atoms with van der Waals surface area (Å²) in [6.07, 6.45) is 1.43. The number of nitrogens with zero attached hydrogens (tertiary/aromatic N) is 4. The van der Waals surface area contributed by atoms with Gasteiger partial charge in [-0.1, -0.05) is 17.7 Å². The van der Waals surface area contributed by atoms with Gasteiger partial charge in [0.25, 0.3) is 5.56 Å². The quantitative estimate of drug-likeness (QED) is 0.827. The van der Waals surface area contributed by atoms with Gasteiger partial charge >= 0.3 is 5.69 Å². The van der Waals surface area contributed by atoms with Crippen LogP contribution in [0.2, 0.25) is 0 Å². The van der Waals surface area contributed by atoms with Crippen LogP contribution in [0.5, 0.6) is 0 Å². The summed E-state index contributed by atoms with van der Waals surface area (Å²) in [7, 11) is 1.43. The van der Waals surface area contributed by atoms with Crippen molar-refractivity contribution >= 4 is 11.7 Å². The standard InChI is InChI=1S/C20H23N5O3/c1-13-5-6-14(10-21)16(8-13)12-25-17(9-18(26)23(2)20(25)28)24-7-3-4-15(11-24)19(22)27/h5-6,8-9,15H,3-4,7,11-12H2,1-2H3,(H2,22,27). The summed E-state index contributed by atoms with van der Waals surface area (Å²) in [5.41, 5.74) is 6.75. The van der Waals surface area contributed by atoms with E-state index in [1.807, 2.05) is 24.0 Å². The lowest BCUT2D eigenvalue weighted by molar-refractivity contribution is -0.122. The second kappa shape index (κ2) is 7.72. The Morgan fingerprint density at radius 1 is 1.32 bits per heavy atom. The van der Waals surface area contributed by atoms with Crippen molar-refractivity contribution in [3.05, 3.63) is 61.8 Å². The summed E-state index contributed by atoms with van der Waals surface area (Å²) >= 11 is 0. The van der Waals surface area contributed by atoms with Gasteiger partial charge in [-0.15, -0.1) is 0 Å². The van der Waals surface area contributed by atoms with Crippen LogP contribution in [0, 0.1) is 24.2 Å². The highest BCUT2D eigenvalue weighted by molar-refractivity contribution is 5.77. The number of hydrogen-bond donors (Lipinski definition) is 1. The number of carbonyl (C=O) groups is 1. The fraction of sp³-hybridized carbons (Fsp3) is 0.400. The number of nitrogens with two attached hydrogens (primary N) is 1. The molecular weight excluding hydrogens is 358 g/mol. The van der Waals surface area contributed by atoms with Crippen molar-refractivity contribution in [2.45, 2.75) is 26.3 Å². The van der Waals surface area contributed by atoms with E-state index >= 15 is 0 Å². The predicted octanol–water partition coefficient (Wildman–Crippen LogP) is 0.477. The minimum absolute atomic E-state index is 0.157. The monoisotopic (exact) mass is 381 g/mol. The van der Waals surface area contributed by atoms with Gasteiger partial charge in [0.2, 0.25) is 5.91 Å². The van der Waals surface area contributed by atoms with E-state index < -0.39 is 11.2 Å². The number of piperidine rings is 1. The van der Waals surface area contributed by atoms with Crippen LogP contribution in [0.1, 0.15) is 29.5 Å². The van der Waals surface area contributed by atoms with Crippen LogP contribution in [0.4, 0.5) is 5.82 Å². The SMILES string of the molecule is Cc1ccc(C#N)c(Cn2c(N3CCCC(C(N)=O)C3)cc(=O)n(C)c2=O)c1. The summed E-state index contributed by atoms with van der Waals surface area (Å²) in [5, 5.41) is 9.41. The van der Waals surface area contributed by atoms with Crippen molar-refractivity contribution < 1.29 is 4.79 Å². The molecule has 1 aromatic carbocycles. The minimum atomic E-state index is -0.464. The largest absolute Gasteiger partial charge is 0.369 e. The Morgan fingerprint density at radius 3 is 2.75 bits per heavy atom. The molecule has 0 radical (unpaired) electrons. The molecule has 146 valence electrons. The highest BCUT2D eigenvalue weighted by Gasteiger charge is 2.26. The van der Waals surface area contributed by atoms with Gasteiger partial charge in [-0.05, 0) is 31.4 Å². The van der Waals surface area contributed by atoms with E-state index in [1.165, 1.54) is 17.7 Å². The van der Waals surface area contributed by atoms with Gasteiger partial charge in [0.05, 0.1) is 24.1 Å². The number of nitriles is 1. The second-order valence-corrected chi connectivity index (χ2v) is 7.23. The third-order valence-corrected chi connectivity index (χ3v) is 5.23. The molecule has 0 aliphatic carbocycles. The summed E-state index contributed by atoms with van der Waals surface area (Å²) in [6, 6.07) is 8.99. The molecule has 1 saturated heterocycles. The van der Waals surface area contributed by atoms with Gasteiger partial charge in [-0.25, -0.2) is 4.79 Å². The number of benzene rings is 1. The first-order valence-electron chi connectivity index (χ1n) is 9.16. The van der Waals surface area contributed by atoms with Crippen LogP contribution in [0.25, 0.3) is 0 Å². The Bertz CT molecular complexity index is 1080. The number of rotatable bonds is 4. The van der Waals surface area contributed by atoms with Crippen LogP contribution in [-0.2, 0) is 18.4 Å². The molecule has 1 amide bonds. The number of aryl methyl sites for hydroxylation is 1. The lowest BCUT2D eigenvalue weighted by Gasteiger charge is -2.34. The maximum atomic E-state index is 12.9. The lowest BCUT2D eigenvalue weighted by Crippen LogP contribution is -2.46. The molecule has 2 aromatic rings. The average Bonchev–Trinajstić information content (AvgIpc) is 2.68. The number of primary amides is 1. The number of amides is 1. The first-order chi connectivity index (χ1) is 13.3. The Kier molecular flexibility index (Phi) is 5.36. The van der Waals surface area contributed by atoms with E-state index in [2.05, 4.69) is 6.07 Å². The zero-order valence-electron chi connectivity index (χ0n) is 16.0. The highest BCUT2D eigenvalue weighted by atomic mass is 16.2. The van der Waals surface area contributed by atoms with Gasteiger partial charge < -0.3 is 10.6 Å². The molecule has 1 atom stereocenters. The smallest absolute Gasteiger partial charge is 0.332 e. The molecule has 1 aliphatic heterocycles. The van der Waals surface area contributed by atoms with Crippen molar-refractivity contribution in [2.75, 3.05) is 18.0 Å². The number of hydrogen-bond acceptors (Lipinski definition) is 5. The maximum Gasteiger partial charge on any atom is 0.332 e. The van der Waals surface area contributed by atoms with Gasteiger partial charge in [-0.3, -0.25) is 18.7 Å². The molecule has 1 fully saturated rings. The van der Waals surface area contributed by atoms with Gasteiger partial charge in [0.1, 0.15) is 5.82 Å².